The number of hydrogen-bond acceptors (Lipinski definition) is 1. The maximum Gasteiger partial charge on any atom is 0.0750 e. The predicted octanol–water partition coefficient (Wildman–Crippen LogP) is 5.73. The van der Waals surface area contributed by atoms with Gasteiger partial charge in [-0.2, -0.15) is 0 Å². The van der Waals surface area contributed by atoms with Crippen LogP contribution in [0.2, 0.25) is 0 Å². The molecule has 0 bridgehead atoms. The van der Waals surface area contributed by atoms with Crippen LogP contribution in [-0.2, 0) is 0 Å². The standard InChI is InChI=1S/C20H32O/c1-15(2)19-12-9-16(3)7-6-8-18(5)20(21)14-11-17(4)10-13-19/h7,10,19-21H,1,5-6,8-9,11-14H2,2-4H3. The van der Waals surface area contributed by atoms with E-state index in [1.165, 1.54) is 23.1 Å². The lowest BCUT2D eigenvalue weighted by Crippen LogP contribution is -2.10. The molecule has 2 unspecified atom stereocenters. The fourth-order valence-electron chi connectivity index (χ4n) is 2.75. The molecule has 21 heavy (non-hydrogen) atoms. The van der Waals surface area contributed by atoms with E-state index < -0.39 is 0 Å². The van der Waals surface area contributed by atoms with Crippen molar-refractivity contribution >= 4 is 0 Å². The van der Waals surface area contributed by atoms with E-state index in [0.29, 0.717) is 5.92 Å². The molecule has 118 valence electrons. The Balaban J connectivity index is 2.79. The maximum absolute atomic E-state index is 10.1. The molecule has 0 spiro atoms. The molecular weight excluding hydrogens is 256 g/mol. The number of hydrogen-bond donors (Lipinski definition) is 1. The molecule has 2 atom stereocenters. The van der Waals surface area contributed by atoms with Gasteiger partial charge < -0.3 is 5.11 Å². The Hall–Kier alpha value is -1.08. The highest BCUT2D eigenvalue weighted by atomic mass is 16.3. The van der Waals surface area contributed by atoms with Gasteiger partial charge in [-0.3, -0.25) is 0 Å². The van der Waals surface area contributed by atoms with Crippen LogP contribution < -0.4 is 0 Å². The highest BCUT2D eigenvalue weighted by Crippen LogP contribution is 2.25. The van der Waals surface area contributed by atoms with Crippen molar-refractivity contribution in [1.29, 1.82) is 0 Å². The van der Waals surface area contributed by atoms with Crippen LogP contribution in [0.15, 0.2) is 47.6 Å². The van der Waals surface area contributed by atoms with Crippen molar-refractivity contribution in [2.45, 2.75) is 71.8 Å². The highest BCUT2D eigenvalue weighted by molar-refractivity contribution is 5.10. The molecule has 0 fully saturated rings. The summed E-state index contributed by atoms with van der Waals surface area (Å²) in [4.78, 5) is 0. The second-order valence-corrected chi connectivity index (χ2v) is 6.67. The first-order valence-electron chi connectivity index (χ1n) is 8.22. The first kappa shape index (κ1) is 18.0. The highest BCUT2D eigenvalue weighted by Gasteiger charge is 2.11. The van der Waals surface area contributed by atoms with Crippen molar-refractivity contribution < 1.29 is 5.11 Å². The monoisotopic (exact) mass is 288 g/mol. The largest absolute Gasteiger partial charge is 0.389 e. The molecule has 0 aromatic heterocycles. The summed E-state index contributed by atoms with van der Waals surface area (Å²) in [7, 11) is 0. The second kappa shape index (κ2) is 9.04. The predicted molar refractivity (Wildman–Crippen MR) is 93.3 cm³/mol. The Kier molecular flexibility index (Phi) is 7.74. The normalized spacial score (nSPS) is 26.6. The lowest BCUT2D eigenvalue weighted by Gasteiger charge is -2.18. The fourth-order valence-corrected chi connectivity index (χ4v) is 2.75. The molecule has 0 radical (unpaired) electrons. The third kappa shape index (κ3) is 6.95. The summed E-state index contributed by atoms with van der Waals surface area (Å²) in [5.41, 5.74) is 5.08. The molecule has 0 heterocycles. The van der Waals surface area contributed by atoms with Crippen molar-refractivity contribution in [1.82, 2.24) is 0 Å². The van der Waals surface area contributed by atoms with Crippen LogP contribution >= 0.6 is 0 Å². The maximum atomic E-state index is 10.1. The number of aliphatic hydroxyl groups excluding tert-OH is 1. The zero-order chi connectivity index (χ0) is 15.8. The zero-order valence-electron chi connectivity index (χ0n) is 14.1. The molecule has 1 heteroatoms. The smallest absolute Gasteiger partial charge is 0.0750 e. The molecule has 1 aliphatic rings. The van der Waals surface area contributed by atoms with E-state index in [9.17, 15) is 5.11 Å². The summed E-state index contributed by atoms with van der Waals surface area (Å²) in [6, 6.07) is 0. The molecule has 0 aromatic rings. The summed E-state index contributed by atoms with van der Waals surface area (Å²) in [5, 5.41) is 10.1. The van der Waals surface area contributed by atoms with E-state index in [1.807, 2.05) is 0 Å². The van der Waals surface area contributed by atoms with Gasteiger partial charge in [0.05, 0.1) is 6.10 Å². The molecule has 0 amide bonds. The molecule has 1 N–H and O–H groups in total. The average Bonchev–Trinajstić information content (AvgIpc) is 2.43. The summed E-state index contributed by atoms with van der Waals surface area (Å²) in [6.45, 7) is 14.7. The Labute approximate surface area is 131 Å². The summed E-state index contributed by atoms with van der Waals surface area (Å²) in [5.74, 6) is 0.575. The van der Waals surface area contributed by atoms with Gasteiger partial charge in [-0.25, -0.2) is 0 Å². The average molecular weight is 288 g/mol. The third-order valence-corrected chi connectivity index (χ3v) is 4.58. The van der Waals surface area contributed by atoms with Crippen LogP contribution in [0.25, 0.3) is 0 Å². The van der Waals surface area contributed by atoms with Gasteiger partial charge in [-0.05, 0) is 77.2 Å². The summed E-state index contributed by atoms with van der Waals surface area (Å²) in [6.07, 6.45) is 11.3. The molecule has 0 aliphatic heterocycles. The Morgan fingerprint density at radius 1 is 1.10 bits per heavy atom. The molecule has 0 saturated heterocycles. The lowest BCUT2D eigenvalue weighted by molar-refractivity contribution is 0.197. The minimum Gasteiger partial charge on any atom is -0.389 e. The van der Waals surface area contributed by atoms with Crippen LogP contribution in [0.5, 0.6) is 0 Å². The topological polar surface area (TPSA) is 20.2 Å². The van der Waals surface area contributed by atoms with Gasteiger partial charge in [0.15, 0.2) is 0 Å². The molecule has 1 nitrogen and oxygen atoms in total. The van der Waals surface area contributed by atoms with Crippen molar-refractivity contribution in [3.63, 3.8) is 0 Å². The first-order valence-corrected chi connectivity index (χ1v) is 8.22. The van der Waals surface area contributed by atoms with E-state index in [-0.39, 0.29) is 6.10 Å². The summed E-state index contributed by atoms with van der Waals surface area (Å²) < 4.78 is 0. The van der Waals surface area contributed by atoms with Crippen molar-refractivity contribution in [2.75, 3.05) is 0 Å². The van der Waals surface area contributed by atoms with E-state index in [2.05, 4.69) is 46.1 Å². The minimum absolute atomic E-state index is 0.359. The van der Waals surface area contributed by atoms with Crippen molar-refractivity contribution in [2.24, 2.45) is 5.92 Å². The Bertz CT molecular complexity index is 425. The van der Waals surface area contributed by atoms with Gasteiger partial charge in [0.2, 0.25) is 0 Å². The number of rotatable bonds is 1. The lowest BCUT2D eigenvalue weighted by atomic mass is 9.89. The molecule has 0 aromatic carbocycles. The van der Waals surface area contributed by atoms with Crippen LogP contribution in [-0.4, -0.2) is 11.2 Å². The van der Waals surface area contributed by atoms with Gasteiger partial charge in [-0.1, -0.05) is 42.0 Å². The third-order valence-electron chi connectivity index (χ3n) is 4.58. The zero-order valence-corrected chi connectivity index (χ0v) is 14.1. The fraction of sp³-hybridized carbons (Fsp3) is 0.600. The number of allylic oxidation sites excluding steroid dienone is 5. The molecule has 0 saturated carbocycles. The van der Waals surface area contributed by atoms with Gasteiger partial charge in [0.25, 0.3) is 0 Å². The first-order chi connectivity index (χ1) is 9.90. The quantitative estimate of drug-likeness (QED) is 0.611. The van der Waals surface area contributed by atoms with Gasteiger partial charge >= 0.3 is 0 Å². The van der Waals surface area contributed by atoms with Crippen LogP contribution in [0, 0.1) is 5.92 Å². The molecular formula is C20H32O. The number of aliphatic hydroxyl groups is 1. The van der Waals surface area contributed by atoms with Crippen LogP contribution in [0.4, 0.5) is 0 Å². The Morgan fingerprint density at radius 3 is 2.38 bits per heavy atom. The second-order valence-electron chi connectivity index (χ2n) is 6.67. The van der Waals surface area contributed by atoms with Gasteiger partial charge in [-0.15, -0.1) is 0 Å². The van der Waals surface area contributed by atoms with Crippen LogP contribution in [0.3, 0.4) is 0 Å². The van der Waals surface area contributed by atoms with Crippen molar-refractivity contribution in [3.05, 3.63) is 47.6 Å². The van der Waals surface area contributed by atoms with Gasteiger partial charge in [0, 0.05) is 0 Å². The van der Waals surface area contributed by atoms with Crippen molar-refractivity contribution in [3.8, 4) is 0 Å². The molecule has 1 rings (SSSR count). The van der Waals surface area contributed by atoms with Gasteiger partial charge in [0.1, 0.15) is 0 Å². The minimum atomic E-state index is -0.359. The SMILES string of the molecule is C=C1CCC=C(C)CCC(C(=C)C)CC=C(C)CCC1O. The van der Waals surface area contributed by atoms with Crippen LogP contribution in [0.1, 0.15) is 65.7 Å². The Morgan fingerprint density at radius 2 is 1.71 bits per heavy atom. The molecule has 1 aliphatic carbocycles. The van der Waals surface area contributed by atoms with E-state index in [4.69, 9.17) is 0 Å². The summed E-state index contributed by atoms with van der Waals surface area (Å²) >= 11 is 0. The van der Waals surface area contributed by atoms with E-state index >= 15 is 0 Å². The van der Waals surface area contributed by atoms with E-state index in [0.717, 1.165) is 44.1 Å². The van der Waals surface area contributed by atoms with E-state index in [1.54, 1.807) is 0 Å².